The molecule has 0 atom stereocenters. The molecule has 1 saturated carbocycles. The molecule has 1 aromatic carbocycles. The normalized spacial score (nSPS) is 19.5. The average molecular weight is 297 g/mol. The van der Waals surface area contributed by atoms with Crippen LogP contribution in [0.3, 0.4) is 0 Å². The maximum absolute atomic E-state index is 12.3. The van der Waals surface area contributed by atoms with Gasteiger partial charge in [-0.15, -0.1) is 0 Å². The molecule has 0 spiro atoms. The van der Waals surface area contributed by atoms with Crippen molar-refractivity contribution in [1.82, 2.24) is 4.72 Å². The predicted octanol–water partition coefficient (Wildman–Crippen LogP) is 2.36. The van der Waals surface area contributed by atoms with Gasteiger partial charge in [0.1, 0.15) is 0 Å². The Balaban J connectivity index is 2.07. The predicted molar refractivity (Wildman–Crippen MR) is 79.0 cm³/mol. The van der Waals surface area contributed by atoms with E-state index in [1.165, 1.54) is 0 Å². The Morgan fingerprint density at radius 3 is 2.35 bits per heavy atom. The maximum Gasteiger partial charge on any atom is 0.240 e. The van der Waals surface area contributed by atoms with Crippen LogP contribution in [0.4, 0.5) is 0 Å². The molecule has 0 heterocycles. The van der Waals surface area contributed by atoms with Gasteiger partial charge in [-0.25, -0.2) is 13.1 Å². The van der Waals surface area contributed by atoms with E-state index in [1.807, 2.05) is 6.07 Å². The van der Waals surface area contributed by atoms with E-state index in [0.29, 0.717) is 18.4 Å². The Hall–Kier alpha value is -0.910. The molecule has 0 aromatic heterocycles. The Labute approximate surface area is 121 Å². The number of nitrogens with one attached hydrogen (secondary N) is 1. The number of benzene rings is 1. The molecule has 1 aliphatic carbocycles. The van der Waals surface area contributed by atoms with E-state index < -0.39 is 15.6 Å². The van der Waals surface area contributed by atoms with Crippen molar-refractivity contribution in [1.29, 1.82) is 0 Å². The highest BCUT2D eigenvalue weighted by Gasteiger charge is 2.30. The summed E-state index contributed by atoms with van der Waals surface area (Å²) in [6.07, 6.45) is 5.50. The van der Waals surface area contributed by atoms with E-state index in [9.17, 15) is 13.5 Å². The van der Waals surface area contributed by atoms with Crippen molar-refractivity contribution in [2.24, 2.45) is 0 Å². The minimum Gasteiger partial charge on any atom is -0.389 e. The molecule has 1 aliphatic rings. The van der Waals surface area contributed by atoms with Crippen molar-refractivity contribution in [3.8, 4) is 0 Å². The second kappa shape index (κ2) is 6.24. The lowest BCUT2D eigenvalue weighted by atomic mass is 9.95. The number of hydrogen-bond acceptors (Lipinski definition) is 3. The fourth-order valence-corrected chi connectivity index (χ4v) is 4.09. The van der Waals surface area contributed by atoms with Gasteiger partial charge in [0, 0.05) is 6.54 Å². The Bertz CT molecular complexity index is 546. The van der Waals surface area contributed by atoms with Gasteiger partial charge in [-0.3, -0.25) is 0 Å². The smallest absolute Gasteiger partial charge is 0.240 e. The standard InChI is InChI=1S/C15H23NO3S/c1-13-8-4-5-9-14(13)20(18,19)16-12-15(17)10-6-2-3-7-11-15/h4-5,8-9,16-17H,2-3,6-7,10-12H2,1H3. The third-order valence-electron chi connectivity index (χ3n) is 4.01. The van der Waals surface area contributed by atoms with E-state index in [0.717, 1.165) is 25.7 Å². The van der Waals surface area contributed by atoms with Crippen LogP contribution in [0.15, 0.2) is 29.2 Å². The zero-order chi connectivity index (χ0) is 14.6. The molecular formula is C15H23NO3S. The van der Waals surface area contributed by atoms with Gasteiger partial charge in [0.2, 0.25) is 10.0 Å². The topological polar surface area (TPSA) is 66.4 Å². The van der Waals surface area contributed by atoms with E-state index in [2.05, 4.69) is 4.72 Å². The molecule has 4 nitrogen and oxygen atoms in total. The van der Waals surface area contributed by atoms with Gasteiger partial charge < -0.3 is 5.11 Å². The molecule has 0 radical (unpaired) electrons. The molecule has 0 unspecified atom stereocenters. The van der Waals surface area contributed by atoms with Crippen LogP contribution in [-0.4, -0.2) is 25.7 Å². The fraction of sp³-hybridized carbons (Fsp3) is 0.600. The molecule has 1 fully saturated rings. The number of aliphatic hydroxyl groups is 1. The summed E-state index contributed by atoms with van der Waals surface area (Å²) in [5, 5.41) is 10.5. The van der Waals surface area contributed by atoms with Crippen molar-refractivity contribution >= 4 is 10.0 Å². The number of rotatable bonds is 4. The largest absolute Gasteiger partial charge is 0.389 e. The third kappa shape index (κ3) is 3.81. The Morgan fingerprint density at radius 2 is 1.75 bits per heavy atom. The van der Waals surface area contributed by atoms with Crippen LogP contribution >= 0.6 is 0 Å². The van der Waals surface area contributed by atoms with E-state index in [4.69, 9.17) is 0 Å². The minimum atomic E-state index is -3.55. The van der Waals surface area contributed by atoms with E-state index in [1.54, 1.807) is 25.1 Å². The van der Waals surface area contributed by atoms with Gasteiger partial charge in [-0.05, 0) is 31.4 Å². The van der Waals surface area contributed by atoms with Crippen molar-refractivity contribution in [2.45, 2.75) is 55.9 Å². The van der Waals surface area contributed by atoms with Gasteiger partial charge in [-0.2, -0.15) is 0 Å². The maximum atomic E-state index is 12.3. The summed E-state index contributed by atoms with van der Waals surface area (Å²) in [6.45, 7) is 1.87. The molecular weight excluding hydrogens is 274 g/mol. The van der Waals surface area contributed by atoms with Crippen LogP contribution in [0.5, 0.6) is 0 Å². The van der Waals surface area contributed by atoms with Crippen molar-refractivity contribution in [3.63, 3.8) is 0 Å². The monoisotopic (exact) mass is 297 g/mol. The Morgan fingerprint density at radius 1 is 1.15 bits per heavy atom. The first kappa shape index (κ1) is 15.5. The summed E-state index contributed by atoms with van der Waals surface area (Å²) < 4.78 is 27.2. The van der Waals surface area contributed by atoms with Gasteiger partial charge in [-0.1, -0.05) is 43.9 Å². The molecule has 1 aromatic rings. The van der Waals surface area contributed by atoms with Crippen molar-refractivity contribution in [2.75, 3.05) is 6.54 Å². The molecule has 2 rings (SSSR count). The minimum absolute atomic E-state index is 0.101. The second-order valence-electron chi connectivity index (χ2n) is 5.73. The third-order valence-corrected chi connectivity index (χ3v) is 5.57. The molecule has 0 amide bonds. The van der Waals surface area contributed by atoms with Crippen LogP contribution in [0.25, 0.3) is 0 Å². The lowest BCUT2D eigenvalue weighted by Crippen LogP contribution is -2.42. The molecule has 0 aliphatic heterocycles. The van der Waals surface area contributed by atoms with Gasteiger partial charge in [0.15, 0.2) is 0 Å². The fourth-order valence-electron chi connectivity index (χ4n) is 2.73. The molecule has 0 bridgehead atoms. The Kier molecular flexibility index (Phi) is 4.83. The van der Waals surface area contributed by atoms with Crippen LogP contribution in [0, 0.1) is 6.92 Å². The summed E-state index contributed by atoms with van der Waals surface area (Å²) >= 11 is 0. The highest BCUT2D eigenvalue weighted by atomic mass is 32.2. The quantitative estimate of drug-likeness (QED) is 0.838. The highest BCUT2D eigenvalue weighted by Crippen LogP contribution is 2.27. The van der Waals surface area contributed by atoms with Crippen molar-refractivity contribution in [3.05, 3.63) is 29.8 Å². The lowest BCUT2D eigenvalue weighted by Gasteiger charge is -2.26. The zero-order valence-corrected chi connectivity index (χ0v) is 12.7. The number of aryl methyl sites for hydroxylation is 1. The molecule has 0 saturated heterocycles. The van der Waals surface area contributed by atoms with Gasteiger partial charge in [0.05, 0.1) is 10.5 Å². The van der Waals surface area contributed by atoms with Crippen LogP contribution in [-0.2, 0) is 10.0 Å². The van der Waals surface area contributed by atoms with Gasteiger partial charge >= 0.3 is 0 Å². The summed E-state index contributed by atoms with van der Waals surface area (Å²) in [5.41, 5.74) is -0.181. The van der Waals surface area contributed by atoms with Crippen LogP contribution in [0.2, 0.25) is 0 Å². The molecule has 2 N–H and O–H groups in total. The van der Waals surface area contributed by atoms with E-state index in [-0.39, 0.29) is 11.4 Å². The zero-order valence-electron chi connectivity index (χ0n) is 11.9. The summed E-state index contributed by atoms with van der Waals surface area (Å²) in [5.74, 6) is 0. The average Bonchev–Trinajstić information content (AvgIpc) is 2.63. The second-order valence-corrected chi connectivity index (χ2v) is 7.46. The SMILES string of the molecule is Cc1ccccc1S(=O)(=O)NCC1(O)CCCCCC1. The van der Waals surface area contributed by atoms with Gasteiger partial charge in [0.25, 0.3) is 0 Å². The van der Waals surface area contributed by atoms with Crippen LogP contribution in [0.1, 0.15) is 44.1 Å². The number of sulfonamides is 1. The number of hydrogen-bond donors (Lipinski definition) is 2. The summed E-state index contributed by atoms with van der Waals surface area (Å²) in [7, 11) is -3.55. The molecule has 20 heavy (non-hydrogen) atoms. The first-order chi connectivity index (χ1) is 9.43. The lowest BCUT2D eigenvalue weighted by molar-refractivity contribution is 0.0303. The van der Waals surface area contributed by atoms with E-state index >= 15 is 0 Å². The van der Waals surface area contributed by atoms with Crippen molar-refractivity contribution < 1.29 is 13.5 Å². The summed E-state index contributed by atoms with van der Waals surface area (Å²) in [6, 6.07) is 6.89. The van der Waals surface area contributed by atoms with Crippen LogP contribution < -0.4 is 4.72 Å². The summed E-state index contributed by atoms with van der Waals surface area (Å²) in [4.78, 5) is 0.289. The molecule has 112 valence electrons. The highest BCUT2D eigenvalue weighted by molar-refractivity contribution is 7.89. The first-order valence-electron chi connectivity index (χ1n) is 7.21. The first-order valence-corrected chi connectivity index (χ1v) is 8.69. The molecule has 5 heteroatoms.